The van der Waals surface area contributed by atoms with Crippen LogP contribution in [-0.4, -0.2) is 37.6 Å². The van der Waals surface area contributed by atoms with Gasteiger partial charge in [-0.25, -0.2) is 0 Å². The third-order valence-electron chi connectivity index (χ3n) is 4.91. The third kappa shape index (κ3) is 2.66. The van der Waals surface area contributed by atoms with E-state index < -0.39 is 0 Å². The van der Waals surface area contributed by atoms with Crippen molar-refractivity contribution in [3.8, 4) is 0 Å². The number of likely N-dealkylation sites (tertiary alicyclic amines) is 1. The van der Waals surface area contributed by atoms with Crippen molar-refractivity contribution < 1.29 is 0 Å². The fourth-order valence-corrected chi connectivity index (χ4v) is 4.43. The van der Waals surface area contributed by atoms with Gasteiger partial charge < -0.3 is 9.80 Å². The summed E-state index contributed by atoms with van der Waals surface area (Å²) in [7, 11) is 2.27. The predicted molar refractivity (Wildman–Crippen MR) is 87.0 cm³/mol. The summed E-state index contributed by atoms with van der Waals surface area (Å²) in [6.07, 6.45) is 3.92. The predicted octanol–water partition coefficient (Wildman–Crippen LogP) is 4.00. The Morgan fingerprint density at radius 1 is 1.25 bits per heavy atom. The molecule has 110 valence electrons. The molecule has 2 atom stereocenters. The molecule has 2 heterocycles. The zero-order valence-corrected chi connectivity index (χ0v) is 13.5. The van der Waals surface area contributed by atoms with E-state index in [2.05, 4.69) is 22.9 Å². The SMILES string of the molecule is CN1CCCC2CN(c3cccc(Cl)c3CCl)CCC21. The van der Waals surface area contributed by atoms with Crippen LogP contribution in [0, 0.1) is 5.92 Å². The Hall–Kier alpha value is -0.440. The van der Waals surface area contributed by atoms with Crippen LogP contribution < -0.4 is 4.90 Å². The topological polar surface area (TPSA) is 6.48 Å². The smallest absolute Gasteiger partial charge is 0.0509 e. The molecular weight excluding hydrogens is 291 g/mol. The maximum atomic E-state index is 6.29. The molecule has 3 rings (SSSR count). The zero-order chi connectivity index (χ0) is 14.1. The largest absolute Gasteiger partial charge is 0.371 e. The molecule has 0 spiro atoms. The maximum Gasteiger partial charge on any atom is 0.0509 e. The van der Waals surface area contributed by atoms with Crippen molar-refractivity contribution in [3.05, 3.63) is 28.8 Å². The lowest BCUT2D eigenvalue weighted by Gasteiger charge is -2.47. The van der Waals surface area contributed by atoms with Gasteiger partial charge in [0, 0.05) is 35.4 Å². The highest BCUT2D eigenvalue weighted by Gasteiger charge is 2.34. The van der Waals surface area contributed by atoms with Crippen molar-refractivity contribution >= 4 is 28.9 Å². The highest BCUT2D eigenvalue weighted by atomic mass is 35.5. The summed E-state index contributed by atoms with van der Waals surface area (Å²) in [6, 6.07) is 6.89. The molecule has 2 fully saturated rings. The summed E-state index contributed by atoms with van der Waals surface area (Å²) in [5.74, 6) is 1.27. The van der Waals surface area contributed by atoms with Crippen LogP contribution in [0.5, 0.6) is 0 Å². The Morgan fingerprint density at radius 2 is 2.10 bits per heavy atom. The van der Waals surface area contributed by atoms with Crippen LogP contribution in [0.1, 0.15) is 24.8 Å². The molecule has 0 saturated carbocycles. The summed E-state index contributed by atoms with van der Waals surface area (Å²) in [4.78, 5) is 5.04. The highest BCUT2D eigenvalue weighted by Crippen LogP contribution is 2.35. The van der Waals surface area contributed by atoms with Gasteiger partial charge in [-0.1, -0.05) is 17.7 Å². The van der Waals surface area contributed by atoms with Crippen molar-refractivity contribution in [1.82, 2.24) is 4.90 Å². The number of fused-ring (bicyclic) bond motifs is 1. The summed E-state index contributed by atoms with van der Waals surface area (Å²) in [6.45, 7) is 3.50. The lowest BCUT2D eigenvalue weighted by Crippen LogP contribution is -2.52. The zero-order valence-electron chi connectivity index (χ0n) is 12.0. The number of nitrogens with zero attached hydrogens (tertiary/aromatic N) is 2. The Kier molecular flexibility index (Phi) is 4.44. The van der Waals surface area contributed by atoms with Crippen molar-refractivity contribution in [2.75, 3.05) is 31.6 Å². The molecular formula is C16H22Cl2N2. The standard InChI is InChI=1S/C16H22Cl2N2/c1-19-8-3-4-12-11-20(9-7-15(12)19)16-6-2-5-14(18)13(16)10-17/h2,5-6,12,15H,3-4,7-11H2,1H3. The van der Waals surface area contributed by atoms with Gasteiger partial charge in [0.2, 0.25) is 0 Å². The Morgan fingerprint density at radius 3 is 2.90 bits per heavy atom. The molecule has 1 aromatic rings. The molecule has 4 heteroatoms. The van der Waals surface area contributed by atoms with Gasteiger partial charge in [0.05, 0.1) is 5.88 Å². The number of benzene rings is 1. The summed E-state index contributed by atoms with van der Waals surface area (Å²) in [5.41, 5.74) is 2.32. The number of rotatable bonds is 2. The van der Waals surface area contributed by atoms with Gasteiger partial charge in [-0.15, -0.1) is 11.6 Å². The second kappa shape index (κ2) is 6.13. The molecule has 0 aromatic heterocycles. The normalized spacial score (nSPS) is 27.4. The number of anilines is 1. The molecule has 0 radical (unpaired) electrons. The summed E-state index contributed by atoms with van der Waals surface area (Å²) >= 11 is 12.4. The summed E-state index contributed by atoms with van der Waals surface area (Å²) in [5, 5.41) is 0.792. The Labute approximate surface area is 131 Å². The van der Waals surface area contributed by atoms with Gasteiger partial charge in [-0.3, -0.25) is 0 Å². The number of halogens is 2. The molecule has 0 amide bonds. The average Bonchev–Trinajstić information content (AvgIpc) is 2.47. The van der Waals surface area contributed by atoms with Crippen LogP contribution in [0.15, 0.2) is 18.2 Å². The molecule has 0 bridgehead atoms. The maximum absolute atomic E-state index is 6.29. The van der Waals surface area contributed by atoms with E-state index in [0.29, 0.717) is 5.88 Å². The Bertz CT molecular complexity index is 478. The lowest BCUT2D eigenvalue weighted by molar-refractivity contribution is 0.102. The van der Waals surface area contributed by atoms with Crippen LogP contribution in [0.25, 0.3) is 0 Å². The molecule has 0 N–H and O–H groups in total. The first-order chi connectivity index (χ1) is 9.70. The van der Waals surface area contributed by atoms with E-state index in [0.717, 1.165) is 35.6 Å². The Balaban J connectivity index is 1.81. The van der Waals surface area contributed by atoms with E-state index in [1.807, 2.05) is 12.1 Å². The third-order valence-corrected chi connectivity index (χ3v) is 5.54. The first-order valence-corrected chi connectivity index (χ1v) is 8.40. The van der Waals surface area contributed by atoms with E-state index in [1.165, 1.54) is 31.5 Å². The minimum atomic E-state index is 0.486. The van der Waals surface area contributed by atoms with Crippen LogP contribution in [-0.2, 0) is 5.88 Å². The van der Waals surface area contributed by atoms with E-state index in [1.54, 1.807) is 0 Å². The fourth-order valence-electron chi connectivity index (χ4n) is 3.85. The second-order valence-corrected chi connectivity index (χ2v) is 6.73. The number of alkyl halides is 1. The molecule has 2 saturated heterocycles. The van der Waals surface area contributed by atoms with Crippen molar-refractivity contribution in [2.45, 2.75) is 31.2 Å². The first-order valence-electron chi connectivity index (χ1n) is 7.49. The lowest BCUT2D eigenvalue weighted by atomic mass is 9.84. The number of hydrogen-bond donors (Lipinski definition) is 0. The van der Waals surface area contributed by atoms with E-state index in [9.17, 15) is 0 Å². The minimum absolute atomic E-state index is 0.486. The van der Waals surface area contributed by atoms with E-state index in [-0.39, 0.29) is 0 Å². The molecule has 20 heavy (non-hydrogen) atoms. The summed E-state index contributed by atoms with van der Waals surface area (Å²) < 4.78 is 0. The minimum Gasteiger partial charge on any atom is -0.371 e. The molecule has 2 aliphatic heterocycles. The van der Waals surface area contributed by atoms with Gasteiger partial charge >= 0.3 is 0 Å². The molecule has 1 aromatic carbocycles. The van der Waals surface area contributed by atoms with Crippen molar-refractivity contribution in [1.29, 1.82) is 0 Å². The monoisotopic (exact) mass is 312 g/mol. The van der Waals surface area contributed by atoms with E-state index in [4.69, 9.17) is 23.2 Å². The van der Waals surface area contributed by atoms with E-state index >= 15 is 0 Å². The highest BCUT2D eigenvalue weighted by molar-refractivity contribution is 6.32. The van der Waals surface area contributed by atoms with Gasteiger partial charge in [0.15, 0.2) is 0 Å². The first kappa shape index (κ1) is 14.5. The van der Waals surface area contributed by atoms with Gasteiger partial charge in [-0.05, 0) is 50.9 Å². The van der Waals surface area contributed by atoms with Crippen LogP contribution in [0.3, 0.4) is 0 Å². The number of piperidine rings is 2. The molecule has 2 aliphatic rings. The van der Waals surface area contributed by atoms with Crippen LogP contribution in [0.4, 0.5) is 5.69 Å². The van der Waals surface area contributed by atoms with Gasteiger partial charge in [0.25, 0.3) is 0 Å². The quantitative estimate of drug-likeness (QED) is 0.762. The second-order valence-electron chi connectivity index (χ2n) is 6.06. The average molecular weight is 313 g/mol. The van der Waals surface area contributed by atoms with Crippen molar-refractivity contribution in [2.24, 2.45) is 5.92 Å². The van der Waals surface area contributed by atoms with Crippen LogP contribution >= 0.6 is 23.2 Å². The fraction of sp³-hybridized carbons (Fsp3) is 0.625. The molecule has 2 nitrogen and oxygen atoms in total. The molecule has 2 unspecified atom stereocenters. The molecule has 0 aliphatic carbocycles. The number of hydrogen-bond acceptors (Lipinski definition) is 2. The van der Waals surface area contributed by atoms with Crippen molar-refractivity contribution in [3.63, 3.8) is 0 Å². The van der Waals surface area contributed by atoms with Gasteiger partial charge in [-0.2, -0.15) is 0 Å². The van der Waals surface area contributed by atoms with Gasteiger partial charge in [0.1, 0.15) is 0 Å². The van der Waals surface area contributed by atoms with Crippen LogP contribution in [0.2, 0.25) is 5.02 Å².